The molecule has 1 N–H and O–H groups in total. The van der Waals surface area contributed by atoms with Gasteiger partial charge in [-0.15, -0.1) is 10.2 Å². The van der Waals surface area contributed by atoms with E-state index in [2.05, 4.69) is 35.4 Å². The van der Waals surface area contributed by atoms with Crippen LogP contribution in [0.25, 0.3) is 0 Å². The van der Waals surface area contributed by atoms with Crippen molar-refractivity contribution in [2.75, 3.05) is 25.5 Å². The highest BCUT2D eigenvalue weighted by molar-refractivity contribution is 7.99. The minimum Gasteiger partial charge on any atom is -0.381 e. The average Bonchev–Trinajstić information content (AvgIpc) is 3.14. The van der Waals surface area contributed by atoms with Gasteiger partial charge in [0.25, 0.3) is 0 Å². The maximum Gasteiger partial charge on any atom is 0.230 e. The third-order valence-corrected chi connectivity index (χ3v) is 6.13. The number of hydrogen-bond acceptors (Lipinski definition) is 5. The number of carbonyl (C=O) groups is 1. The van der Waals surface area contributed by atoms with Gasteiger partial charge in [0.05, 0.1) is 5.75 Å². The molecule has 27 heavy (non-hydrogen) atoms. The van der Waals surface area contributed by atoms with Crippen LogP contribution in [-0.4, -0.2) is 46.2 Å². The van der Waals surface area contributed by atoms with E-state index in [4.69, 9.17) is 16.3 Å². The SMILES string of the molecule is CC(C)n1cnnc1SCC(=O)NCC1(c2cccc(Cl)c2)CCOCC1. The maximum absolute atomic E-state index is 12.5. The second-order valence-electron chi connectivity index (χ2n) is 7.08. The van der Waals surface area contributed by atoms with Crippen LogP contribution in [0.4, 0.5) is 0 Å². The number of halogens is 1. The summed E-state index contributed by atoms with van der Waals surface area (Å²) >= 11 is 7.60. The monoisotopic (exact) mass is 408 g/mol. The second-order valence-corrected chi connectivity index (χ2v) is 8.46. The van der Waals surface area contributed by atoms with Crippen LogP contribution in [0.3, 0.4) is 0 Å². The molecule has 2 aromatic rings. The van der Waals surface area contributed by atoms with Crippen molar-refractivity contribution < 1.29 is 9.53 Å². The lowest BCUT2D eigenvalue weighted by atomic mass is 9.74. The summed E-state index contributed by atoms with van der Waals surface area (Å²) in [6, 6.07) is 8.19. The van der Waals surface area contributed by atoms with Crippen molar-refractivity contribution in [3.8, 4) is 0 Å². The number of carbonyl (C=O) groups excluding carboxylic acids is 1. The number of hydrogen-bond donors (Lipinski definition) is 1. The van der Waals surface area contributed by atoms with Crippen LogP contribution in [-0.2, 0) is 14.9 Å². The van der Waals surface area contributed by atoms with Crippen molar-refractivity contribution in [2.24, 2.45) is 0 Å². The molecule has 0 spiro atoms. The Balaban J connectivity index is 1.62. The number of aromatic nitrogens is 3. The predicted octanol–water partition coefficient (Wildman–Crippen LogP) is 3.47. The molecular weight excluding hydrogens is 384 g/mol. The Morgan fingerprint density at radius 2 is 2.19 bits per heavy atom. The fraction of sp³-hybridized carbons (Fsp3) is 0.526. The van der Waals surface area contributed by atoms with Crippen LogP contribution >= 0.6 is 23.4 Å². The summed E-state index contributed by atoms with van der Waals surface area (Å²) in [7, 11) is 0. The molecule has 0 aliphatic carbocycles. The Labute approximate surface area is 169 Å². The zero-order chi connectivity index (χ0) is 19.3. The van der Waals surface area contributed by atoms with Crippen molar-refractivity contribution in [2.45, 2.75) is 43.3 Å². The molecule has 1 aliphatic heterocycles. The highest BCUT2D eigenvalue weighted by atomic mass is 35.5. The molecule has 0 atom stereocenters. The smallest absolute Gasteiger partial charge is 0.230 e. The lowest BCUT2D eigenvalue weighted by molar-refractivity contribution is -0.119. The summed E-state index contributed by atoms with van der Waals surface area (Å²) in [6.45, 7) is 6.08. The van der Waals surface area contributed by atoms with E-state index in [9.17, 15) is 4.79 Å². The molecule has 3 rings (SSSR count). The van der Waals surface area contributed by atoms with Gasteiger partial charge in [0.2, 0.25) is 5.91 Å². The Bertz CT molecular complexity index is 775. The fourth-order valence-corrected chi connectivity index (χ4v) is 4.35. The maximum atomic E-state index is 12.5. The molecule has 1 saturated heterocycles. The zero-order valence-electron chi connectivity index (χ0n) is 15.7. The Morgan fingerprint density at radius 1 is 1.41 bits per heavy atom. The summed E-state index contributed by atoms with van der Waals surface area (Å²) in [5.74, 6) is 0.305. The number of nitrogens with one attached hydrogen (secondary N) is 1. The number of ether oxygens (including phenoxy) is 1. The van der Waals surface area contributed by atoms with Crippen LogP contribution in [0.15, 0.2) is 35.7 Å². The highest BCUT2D eigenvalue weighted by Gasteiger charge is 2.35. The van der Waals surface area contributed by atoms with Gasteiger partial charge in [0, 0.05) is 36.2 Å². The molecule has 2 heterocycles. The summed E-state index contributed by atoms with van der Waals surface area (Å²) in [6.07, 6.45) is 3.42. The van der Waals surface area contributed by atoms with Gasteiger partial charge in [-0.05, 0) is 44.4 Å². The topological polar surface area (TPSA) is 69.0 Å². The third kappa shape index (κ3) is 5.03. The van der Waals surface area contributed by atoms with E-state index in [0.29, 0.717) is 30.5 Å². The van der Waals surface area contributed by atoms with E-state index >= 15 is 0 Å². The zero-order valence-corrected chi connectivity index (χ0v) is 17.2. The van der Waals surface area contributed by atoms with Gasteiger partial charge in [-0.25, -0.2) is 0 Å². The molecule has 1 amide bonds. The number of benzene rings is 1. The van der Waals surface area contributed by atoms with Gasteiger partial charge in [0.15, 0.2) is 5.16 Å². The Kier molecular flexibility index (Phi) is 6.78. The van der Waals surface area contributed by atoms with Gasteiger partial charge in [-0.2, -0.15) is 0 Å². The quantitative estimate of drug-likeness (QED) is 0.710. The standard InChI is InChI=1S/C19H25ClN4O2S/c1-14(2)24-13-22-23-18(24)27-11-17(25)21-12-19(6-8-26-9-7-19)15-4-3-5-16(20)10-15/h3-5,10,13-14H,6-9,11-12H2,1-2H3,(H,21,25). The van der Waals surface area contributed by atoms with Crippen LogP contribution in [0, 0.1) is 0 Å². The number of rotatable bonds is 7. The van der Waals surface area contributed by atoms with Crippen LogP contribution in [0.5, 0.6) is 0 Å². The summed E-state index contributed by atoms with van der Waals surface area (Å²) in [5, 5.41) is 12.6. The van der Waals surface area contributed by atoms with Crippen LogP contribution in [0.1, 0.15) is 38.3 Å². The predicted molar refractivity (Wildman–Crippen MR) is 107 cm³/mol. The molecule has 8 heteroatoms. The first-order valence-electron chi connectivity index (χ1n) is 9.13. The first kappa shape index (κ1) is 20.2. The van der Waals surface area contributed by atoms with Crippen LogP contribution in [0.2, 0.25) is 5.02 Å². The number of thioether (sulfide) groups is 1. The molecule has 0 bridgehead atoms. The van der Waals surface area contributed by atoms with Crippen LogP contribution < -0.4 is 5.32 Å². The molecule has 6 nitrogen and oxygen atoms in total. The summed E-state index contributed by atoms with van der Waals surface area (Å²) in [5.41, 5.74) is 1.02. The normalized spacial score (nSPS) is 16.4. The van der Waals surface area contributed by atoms with E-state index in [1.165, 1.54) is 11.8 Å². The van der Waals surface area contributed by atoms with Gasteiger partial charge >= 0.3 is 0 Å². The molecule has 1 fully saturated rings. The molecule has 0 unspecified atom stereocenters. The molecule has 0 saturated carbocycles. The minimum atomic E-state index is -0.137. The van der Waals surface area contributed by atoms with E-state index < -0.39 is 0 Å². The Hall–Kier alpha value is -1.57. The lowest BCUT2D eigenvalue weighted by Crippen LogP contribution is -2.45. The first-order valence-corrected chi connectivity index (χ1v) is 10.5. The van der Waals surface area contributed by atoms with Crippen molar-refractivity contribution in [3.05, 3.63) is 41.2 Å². The molecular formula is C19H25ClN4O2S. The van der Waals surface area contributed by atoms with Gasteiger partial charge in [-0.3, -0.25) is 4.79 Å². The van der Waals surface area contributed by atoms with Crippen molar-refractivity contribution in [1.82, 2.24) is 20.1 Å². The highest BCUT2D eigenvalue weighted by Crippen LogP contribution is 2.35. The van der Waals surface area contributed by atoms with E-state index in [0.717, 1.165) is 23.6 Å². The number of nitrogens with zero attached hydrogens (tertiary/aromatic N) is 3. The van der Waals surface area contributed by atoms with Gasteiger partial charge < -0.3 is 14.6 Å². The van der Waals surface area contributed by atoms with E-state index in [1.54, 1.807) is 6.33 Å². The van der Waals surface area contributed by atoms with Gasteiger partial charge in [-0.1, -0.05) is 35.5 Å². The second kappa shape index (κ2) is 9.08. The minimum absolute atomic E-state index is 0.00815. The van der Waals surface area contributed by atoms with Crippen molar-refractivity contribution in [1.29, 1.82) is 0 Å². The van der Waals surface area contributed by atoms with Crippen molar-refractivity contribution >= 4 is 29.3 Å². The van der Waals surface area contributed by atoms with Crippen molar-refractivity contribution in [3.63, 3.8) is 0 Å². The summed E-state index contributed by atoms with van der Waals surface area (Å²) in [4.78, 5) is 12.5. The fourth-order valence-electron chi connectivity index (χ4n) is 3.29. The number of amides is 1. The molecule has 146 valence electrons. The van der Waals surface area contributed by atoms with Gasteiger partial charge in [0.1, 0.15) is 6.33 Å². The van der Waals surface area contributed by atoms with E-state index in [-0.39, 0.29) is 17.4 Å². The molecule has 1 aliphatic rings. The third-order valence-electron chi connectivity index (χ3n) is 4.94. The van der Waals surface area contributed by atoms with E-state index in [1.807, 2.05) is 22.8 Å². The summed E-state index contributed by atoms with van der Waals surface area (Å²) < 4.78 is 7.51. The Morgan fingerprint density at radius 3 is 2.89 bits per heavy atom. The largest absolute Gasteiger partial charge is 0.381 e. The average molecular weight is 409 g/mol. The molecule has 1 aromatic heterocycles. The molecule has 1 aromatic carbocycles. The first-order chi connectivity index (χ1) is 13.0. The lowest BCUT2D eigenvalue weighted by Gasteiger charge is -2.38. The molecule has 0 radical (unpaired) electrons.